The molecule has 1 amide bonds. The molecule has 0 unspecified atom stereocenters. The number of carbonyl (C=O) groups excluding carboxylic acids is 2. The van der Waals surface area contributed by atoms with Gasteiger partial charge in [-0.05, 0) is 25.1 Å². The van der Waals surface area contributed by atoms with Gasteiger partial charge in [-0.15, -0.1) is 12.4 Å². The molecular formula is C11H14ClFN2O3. The second kappa shape index (κ2) is 6.93. The summed E-state index contributed by atoms with van der Waals surface area (Å²) in [5.74, 6) is -1.79. The normalized spacial score (nSPS) is 11.1. The number of halogens is 2. The Morgan fingerprint density at radius 1 is 1.44 bits per heavy atom. The molecule has 0 saturated carbocycles. The molecule has 0 aliphatic rings. The van der Waals surface area contributed by atoms with E-state index in [1.165, 1.54) is 26.2 Å². The number of hydrogen-bond donors (Lipinski definition) is 2. The van der Waals surface area contributed by atoms with E-state index in [0.717, 1.165) is 6.07 Å². The summed E-state index contributed by atoms with van der Waals surface area (Å²) in [6.07, 6.45) is 0. The molecule has 0 bridgehead atoms. The molecule has 0 fully saturated rings. The van der Waals surface area contributed by atoms with Crippen molar-refractivity contribution in [3.05, 3.63) is 29.6 Å². The van der Waals surface area contributed by atoms with Crippen molar-refractivity contribution in [3.63, 3.8) is 0 Å². The third kappa shape index (κ3) is 3.97. The summed E-state index contributed by atoms with van der Waals surface area (Å²) < 4.78 is 17.8. The summed E-state index contributed by atoms with van der Waals surface area (Å²) in [5.41, 5.74) is 5.38. The van der Waals surface area contributed by atoms with Crippen LogP contribution in [0, 0.1) is 5.82 Å². The predicted molar refractivity (Wildman–Crippen MR) is 67.3 cm³/mol. The van der Waals surface area contributed by atoms with Crippen LogP contribution in [0.3, 0.4) is 0 Å². The fourth-order valence-corrected chi connectivity index (χ4v) is 1.11. The van der Waals surface area contributed by atoms with E-state index in [0.29, 0.717) is 0 Å². The number of nitrogens with one attached hydrogen (secondary N) is 1. The second-order valence-corrected chi connectivity index (χ2v) is 3.46. The van der Waals surface area contributed by atoms with Crippen LogP contribution in [-0.2, 0) is 9.53 Å². The smallest absolute Gasteiger partial charge is 0.337 e. The van der Waals surface area contributed by atoms with Gasteiger partial charge in [0.05, 0.1) is 24.4 Å². The lowest BCUT2D eigenvalue weighted by molar-refractivity contribution is -0.117. The number of carbonyl (C=O) groups is 2. The van der Waals surface area contributed by atoms with E-state index in [4.69, 9.17) is 5.73 Å². The number of amides is 1. The van der Waals surface area contributed by atoms with Crippen molar-refractivity contribution in [2.45, 2.75) is 13.0 Å². The van der Waals surface area contributed by atoms with Crippen molar-refractivity contribution in [1.82, 2.24) is 0 Å². The lowest BCUT2D eigenvalue weighted by Crippen LogP contribution is -2.32. The molecule has 1 rings (SSSR count). The zero-order chi connectivity index (χ0) is 13.0. The maximum absolute atomic E-state index is 13.4. The highest BCUT2D eigenvalue weighted by atomic mass is 35.5. The van der Waals surface area contributed by atoms with Gasteiger partial charge in [0.25, 0.3) is 0 Å². The molecule has 3 N–H and O–H groups in total. The van der Waals surface area contributed by atoms with Crippen molar-refractivity contribution in [2.24, 2.45) is 5.73 Å². The molecule has 100 valence electrons. The number of esters is 1. The van der Waals surface area contributed by atoms with Gasteiger partial charge in [0, 0.05) is 0 Å². The van der Waals surface area contributed by atoms with Crippen LogP contribution in [0.2, 0.25) is 0 Å². The average molecular weight is 277 g/mol. The minimum Gasteiger partial charge on any atom is -0.465 e. The van der Waals surface area contributed by atoms with Gasteiger partial charge in [0.1, 0.15) is 5.82 Å². The summed E-state index contributed by atoms with van der Waals surface area (Å²) >= 11 is 0. The number of benzene rings is 1. The Kier molecular flexibility index (Phi) is 6.29. The SMILES string of the molecule is COC(=O)c1ccc(F)c(NC(=O)[C@@H](C)N)c1.Cl. The molecule has 0 aliphatic heterocycles. The largest absolute Gasteiger partial charge is 0.465 e. The molecule has 0 heterocycles. The Bertz CT molecular complexity index is 452. The Balaban J connectivity index is 0.00000289. The minimum atomic E-state index is -0.767. The minimum absolute atomic E-state index is 0. The molecular weight excluding hydrogens is 263 g/mol. The van der Waals surface area contributed by atoms with Crippen molar-refractivity contribution in [2.75, 3.05) is 12.4 Å². The number of anilines is 1. The van der Waals surface area contributed by atoms with Gasteiger partial charge in [0.2, 0.25) is 5.91 Å². The molecule has 1 atom stereocenters. The summed E-state index contributed by atoms with van der Waals surface area (Å²) in [5, 5.41) is 2.28. The fraction of sp³-hybridized carbons (Fsp3) is 0.273. The van der Waals surface area contributed by atoms with Crippen molar-refractivity contribution in [1.29, 1.82) is 0 Å². The Hall–Kier alpha value is -1.66. The summed E-state index contributed by atoms with van der Waals surface area (Å²) in [7, 11) is 1.21. The van der Waals surface area contributed by atoms with Crippen molar-refractivity contribution in [3.8, 4) is 0 Å². The lowest BCUT2D eigenvalue weighted by atomic mass is 10.2. The average Bonchev–Trinajstić information content (AvgIpc) is 2.30. The van der Waals surface area contributed by atoms with E-state index in [2.05, 4.69) is 10.1 Å². The van der Waals surface area contributed by atoms with Gasteiger partial charge >= 0.3 is 5.97 Å². The Labute approximate surface area is 110 Å². The Morgan fingerprint density at radius 3 is 2.56 bits per heavy atom. The first-order chi connectivity index (χ1) is 7.95. The van der Waals surface area contributed by atoms with Crippen LogP contribution in [0.25, 0.3) is 0 Å². The molecule has 1 aromatic rings. The van der Waals surface area contributed by atoms with E-state index in [1.807, 2.05) is 0 Å². The maximum Gasteiger partial charge on any atom is 0.337 e. The monoisotopic (exact) mass is 276 g/mol. The lowest BCUT2D eigenvalue weighted by Gasteiger charge is -2.09. The number of ether oxygens (including phenoxy) is 1. The highest BCUT2D eigenvalue weighted by Gasteiger charge is 2.13. The summed E-state index contributed by atoms with van der Waals surface area (Å²) in [6, 6.07) is 2.77. The second-order valence-electron chi connectivity index (χ2n) is 3.46. The van der Waals surface area contributed by atoms with E-state index in [9.17, 15) is 14.0 Å². The van der Waals surface area contributed by atoms with Crippen LogP contribution in [0.5, 0.6) is 0 Å². The molecule has 0 aromatic heterocycles. The molecule has 7 heteroatoms. The van der Waals surface area contributed by atoms with Crippen LogP contribution >= 0.6 is 12.4 Å². The van der Waals surface area contributed by atoms with Crippen LogP contribution in [0.1, 0.15) is 17.3 Å². The molecule has 0 spiro atoms. The topological polar surface area (TPSA) is 81.4 Å². The zero-order valence-electron chi connectivity index (χ0n) is 9.90. The van der Waals surface area contributed by atoms with Gasteiger partial charge in [-0.1, -0.05) is 0 Å². The van der Waals surface area contributed by atoms with Gasteiger partial charge in [-0.3, -0.25) is 4.79 Å². The van der Waals surface area contributed by atoms with Crippen LogP contribution in [0.4, 0.5) is 10.1 Å². The first kappa shape index (κ1) is 16.3. The highest BCUT2D eigenvalue weighted by Crippen LogP contribution is 2.17. The predicted octanol–water partition coefficient (Wildman–Crippen LogP) is 1.32. The number of hydrogen-bond acceptors (Lipinski definition) is 4. The first-order valence-corrected chi connectivity index (χ1v) is 4.90. The Morgan fingerprint density at radius 2 is 2.06 bits per heavy atom. The van der Waals surface area contributed by atoms with Crippen LogP contribution < -0.4 is 11.1 Å². The van der Waals surface area contributed by atoms with Gasteiger partial charge in [-0.25, -0.2) is 9.18 Å². The molecule has 18 heavy (non-hydrogen) atoms. The molecule has 0 aliphatic carbocycles. The molecule has 0 saturated heterocycles. The molecule has 5 nitrogen and oxygen atoms in total. The van der Waals surface area contributed by atoms with E-state index < -0.39 is 23.7 Å². The number of rotatable bonds is 3. The third-order valence-electron chi connectivity index (χ3n) is 2.06. The van der Waals surface area contributed by atoms with Gasteiger partial charge in [0.15, 0.2) is 0 Å². The van der Waals surface area contributed by atoms with E-state index in [1.54, 1.807) is 0 Å². The van der Waals surface area contributed by atoms with Crippen molar-refractivity contribution >= 4 is 30.0 Å². The summed E-state index contributed by atoms with van der Waals surface area (Å²) in [6.45, 7) is 1.47. The van der Waals surface area contributed by atoms with E-state index >= 15 is 0 Å². The standard InChI is InChI=1S/C11H13FN2O3.ClH/c1-6(13)10(15)14-9-5-7(11(16)17-2)3-4-8(9)12;/h3-6H,13H2,1-2H3,(H,14,15);1H/t6-;/m1./s1. The zero-order valence-corrected chi connectivity index (χ0v) is 10.7. The highest BCUT2D eigenvalue weighted by molar-refractivity contribution is 5.96. The van der Waals surface area contributed by atoms with Gasteiger partial charge < -0.3 is 15.8 Å². The quantitative estimate of drug-likeness (QED) is 0.816. The fourth-order valence-electron chi connectivity index (χ4n) is 1.11. The first-order valence-electron chi connectivity index (χ1n) is 4.90. The van der Waals surface area contributed by atoms with Crippen LogP contribution in [0.15, 0.2) is 18.2 Å². The van der Waals surface area contributed by atoms with E-state index in [-0.39, 0.29) is 23.7 Å². The molecule has 0 radical (unpaired) electrons. The van der Waals surface area contributed by atoms with Crippen LogP contribution in [-0.4, -0.2) is 25.0 Å². The number of nitrogens with two attached hydrogens (primary N) is 1. The molecule has 1 aromatic carbocycles. The summed E-state index contributed by atoms with van der Waals surface area (Å²) in [4.78, 5) is 22.5. The maximum atomic E-state index is 13.4. The third-order valence-corrected chi connectivity index (χ3v) is 2.06. The number of methoxy groups -OCH3 is 1. The van der Waals surface area contributed by atoms with Crippen molar-refractivity contribution < 1.29 is 18.7 Å². The van der Waals surface area contributed by atoms with Gasteiger partial charge in [-0.2, -0.15) is 0 Å².